The van der Waals surface area contributed by atoms with E-state index in [0.29, 0.717) is 11.6 Å². The summed E-state index contributed by atoms with van der Waals surface area (Å²) in [6, 6.07) is 17.1. The molecule has 3 aromatic rings. The van der Waals surface area contributed by atoms with Crippen molar-refractivity contribution in [3.8, 4) is 10.6 Å². The molecule has 1 aliphatic rings. The first-order valence-electron chi connectivity index (χ1n) is 11.8. The predicted octanol–water partition coefficient (Wildman–Crippen LogP) is 4.52. The number of carbonyl (C=O) groups is 2. The van der Waals surface area contributed by atoms with E-state index in [4.69, 9.17) is 0 Å². The Bertz CT molecular complexity index is 1090. The highest BCUT2D eigenvalue weighted by Gasteiger charge is 2.27. The van der Waals surface area contributed by atoms with Crippen LogP contribution >= 0.6 is 11.3 Å². The van der Waals surface area contributed by atoms with Gasteiger partial charge in [0.1, 0.15) is 11.0 Å². The van der Waals surface area contributed by atoms with Crippen LogP contribution in [0.2, 0.25) is 0 Å². The van der Waals surface area contributed by atoms with Gasteiger partial charge in [-0.1, -0.05) is 60.9 Å². The Hall–Kier alpha value is -3.26. The van der Waals surface area contributed by atoms with Crippen molar-refractivity contribution in [3.05, 3.63) is 60.2 Å². The zero-order valence-electron chi connectivity index (χ0n) is 19.7. The van der Waals surface area contributed by atoms with Gasteiger partial charge in [-0.05, 0) is 42.7 Å². The maximum Gasteiger partial charge on any atom is 0.249 e. The van der Waals surface area contributed by atoms with E-state index in [-0.39, 0.29) is 17.7 Å². The van der Waals surface area contributed by atoms with Crippen molar-refractivity contribution in [1.82, 2.24) is 15.5 Å². The van der Waals surface area contributed by atoms with E-state index in [1.54, 1.807) is 0 Å². The Labute approximate surface area is 204 Å². The Morgan fingerprint density at radius 1 is 1.00 bits per heavy atom. The highest BCUT2D eigenvalue weighted by atomic mass is 32.1. The molecule has 1 atom stereocenters. The third-order valence-electron chi connectivity index (χ3n) is 6.18. The largest absolute Gasteiger partial charge is 0.378 e. The molecule has 2 aromatic carbocycles. The van der Waals surface area contributed by atoms with E-state index in [0.717, 1.165) is 47.5 Å². The van der Waals surface area contributed by atoms with Gasteiger partial charge in [0.05, 0.1) is 0 Å². The van der Waals surface area contributed by atoms with Crippen LogP contribution in [0.3, 0.4) is 0 Å². The van der Waals surface area contributed by atoms with E-state index < -0.39 is 6.04 Å². The fourth-order valence-corrected chi connectivity index (χ4v) is 4.95. The smallest absolute Gasteiger partial charge is 0.249 e. The number of anilines is 2. The Kier molecular flexibility index (Phi) is 7.90. The number of benzene rings is 2. The van der Waals surface area contributed by atoms with Gasteiger partial charge in [-0.25, -0.2) is 0 Å². The summed E-state index contributed by atoms with van der Waals surface area (Å²) in [6.07, 6.45) is 5.50. The maximum absolute atomic E-state index is 13.2. The second-order valence-electron chi connectivity index (χ2n) is 8.93. The van der Waals surface area contributed by atoms with Gasteiger partial charge < -0.3 is 10.2 Å². The Morgan fingerprint density at radius 2 is 1.71 bits per heavy atom. The lowest BCUT2D eigenvalue weighted by molar-refractivity contribution is -0.130. The van der Waals surface area contributed by atoms with Crippen molar-refractivity contribution in [2.75, 3.05) is 24.3 Å². The molecule has 0 saturated heterocycles. The van der Waals surface area contributed by atoms with Crippen molar-refractivity contribution >= 4 is 34.0 Å². The van der Waals surface area contributed by atoms with Crippen LogP contribution in [-0.2, 0) is 16.0 Å². The minimum absolute atomic E-state index is 0.0157. The molecule has 2 amide bonds. The molecule has 0 radical (unpaired) electrons. The third-order valence-corrected chi connectivity index (χ3v) is 7.07. The number of aromatic nitrogens is 2. The van der Waals surface area contributed by atoms with Gasteiger partial charge in [-0.3, -0.25) is 14.9 Å². The molecule has 0 bridgehead atoms. The summed E-state index contributed by atoms with van der Waals surface area (Å²) in [5.74, 6) is -0.327. The summed E-state index contributed by atoms with van der Waals surface area (Å²) in [5.41, 5.74) is 3.03. The summed E-state index contributed by atoms with van der Waals surface area (Å²) >= 11 is 1.32. The molecule has 7 nitrogen and oxygen atoms in total. The number of nitrogens with zero attached hydrogens (tertiary/aromatic N) is 3. The molecular weight excluding hydrogens is 446 g/mol. The van der Waals surface area contributed by atoms with Gasteiger partial charge in [0.25, 0.3) is 0 Å². The van der Waals surface area contributed by atoms with Crippen molar-refractivity contribution in [2.45, 2.75) is 44.6 Å². The summed E-state index contributed by atoms with van der Waals surface area (Å²) in [6.45, 7) is 0. The van der Waals surface area contributed by atoms with Crippen LogP contribution in [0.1, 0.15) is 37.7 Å². The van der Waals surface area contributed by atoms with E-state index >= 15 is 0 Å². The molecule has 1 saturated carbocycles. The third kappa shape index (κ3) is 6.20. The normalized spacial score (nSPS) is 14.9. The van der Waals surface area contributed by atoms with E-state index in [1.165, 1.54) is 17.8 Å². The molecule has 1 aliphatic carbocycles. The van der Waals surface area contributed by atoms with Crippen LogP contribution in [0.15, 0.2) is 54.6 Å². The number of amides is 2. The number of hydrogen-bond donors (Lipinski definition) is 2. The van der Waals surface area contributed by atoms with E-state index in [1.807, 2.05) is 73.6 Å². The van der Waals surface area contributed by atoms with Crippen molar-refractivity contribution in [1.29, 1.82) is 0 Å². The first kappa shape index (κ1) is 23.9. The Morgan fingerprint density at radius 3 is 2.38 bits per heavy atom. The van der Waals surface area contributed by atoms with Crippen LogP contribution in [0.4, 0.5) is 10.8 Å². The predicted molar refractivity (Wildman–Crippen MR) is 137 cm³/mol. The molecule has 178 valence electrons. The van der Waals surface area contributed by atoms with Gasteiger partial charge in [0, 0.05) is 37.7 Å². The molecule has 0 spiro atoms. The minimum Gasteiger partial charge on any atom is -0.378 e. The molecule has 34 heavy (non-hydrogen) atoms. The highest BCUT2D eigenvalue weighted by molar-refractivity contribution is 7.18. The topological polar surface area (TPSA) is 87.2 Å². The Balaban J connectivity index is 1.45. The second kappa shape index (κ2) is 11.2. The van der Waals surface area contributed by atoms with Crippen LogP contribution in [0.25, 0.3) is 10.6 Å². The fourth-order valence-electron chi connectivity index (χ4n) is 4.20. The lowest BCUT2D eigenvalue weighted by Gasteiger charge is -2.24. The summed E-state index contributed by atoms with van der Waals surface area (Å²) in [5, 5.41) is 15.4. The van der Waals surface area contributed by atoms with E-state index in [2.05, 4.69) is 20.8 Å². The van der Waals surface area contributed by atoms with Crippen LogP contribution in [0, 0.1) is 5.92 Å². The average molecular weight is 478 g/mol. The molecule has 1 heterocycles. The highest BCUT2D eigenvalue weighted by Crippen LogP contribution is 2.28. The average Bonchev–Trinajstić information content (AvgIpc) is 3.33. The quantitative estimate of drug-likeness (QED) is 0.498. The summed E-state index contributed by atoms with van der Waals surface area (Å²) in [4.78, 5) is 28.1. The van der Waals surface area contributed by atoms with Crippen LogP contribution in [-0.4, -0.2) is 42.1 Å². The van der Waals surface area contributed by atoms with Gasteiger partial charge in [0.2, 0.25) is 16.9 Å². The van der Waals surface area contributed by atoms with Gasteiger partial charge in [0.15, 0.2) is 0 Å². The zero-order chi connectivity index (χ0) is 23.9. The number of rotatable bonds is 8. The number of carbonyl (C=O) groups excluding carboxylic acids is 2. The van der Waals surface area contributed by atoms with Crippen LogP contribution < -0.4 is 15.5 Å². The number of nitrogens with one attached hydrogen (secondary N) is 2. The molecule has 1 unspecified atom stereocenters. The SMILES string of the molecule is CN(C)c1ccc(-c2nnc(NC(=O)C(Cc3ccccc3)NC(=O)C3CCCCC3)s2)cc1. The molecule has 4 rings (SSSR count). The van der Waals surface area contributed by atoms with Crippen LogP contribution in [0.5, 0.6) is 0 Å². The minimum atomic E-state index is -0.677. The number of hydrogen-bond acceptors (Lipinski definition) is 6. The molecule has 2 N–H and O–H groups in total. The van der Waals surface area contributed by atoms with Crippen molar-refractivity contribution in [2.24, 2.45) is 5.92 Å². The monoisotopic (exact) mass is 477 g/mol. The fraction of sp³-hybridized carbons (Fsp3) is 0.385. The zero-order valence-corrected chi connectivity index (χ0v) is 20.5. The molecular formula is C26H31N5O2S. The maximum atomic E-state index is 13.2. The van der Waals surface area contributed by atoms with E-state index in [9.17, 15) is 9.59 Å². The molecule has 1 aromatic heterocycles. The van der Waals surface area contributed by atoms with Crippen molar-refractivity contribution < 1.29 is 9.59 Å². The lowest BCUT2D eigenvalue weighted by Crippen LogP contribution is -2.47. The summed E-state index contributed by atoms with van der Waals surface area (Å²) in [7, 11) is 3.99. The van der Waals surface area contributed by atoms with Crippen molar-refractivity contribution in [3.63, 3.8) is 0 Å². The van der Waals surface area contributed by atoms with Gasteiger partial charge in [-0.2, -0.15) is 0 Å². The lowest BCUT2D eigenvalue weighted by atomic mass is 9.88. The molecule has 1 fully saturated rings. The first-order chi connectivity index (χ1) is 16.5. The second-order valence-corrected chi connectivity index (χ2v) is 9.91. The van der Waals surface area contributed by atoms with Gasteiger partial charge in [-0.15, -0.1) is 10.2 Å². The molecule has 0 aliphatic heterocycles. The first-order valence-corrected chi connectivity index (χ1v) is 12.6. The summed E-state index contributed by atoms with van der Waals surface area (Å²) < 4.78 is 0. The van der Waals surface area contributed by atoms with Gasteiger partial charge >= 0.3 is 0 Å². The molecule has 8 heteroatoms. The standard InChI is InChI=1S/C26H31N5O2S/c1-31(2)21-15-13-20(14-16-21)25-29-30-26(34-25)28-24(33)22(17-18-9-5-3-6-10-18)27-23(32)19-11-7-4-8-12-19/h3,5-6,9-10,13-16,19,22H,4,7-8,11-12,17H2,1-2H3,(H,27,32)(H,28,30,33).